The Morgan fingerprint density at radius 1 is 1.25 bits per heavy atom. The summed E-state index contributed by atoms with van der Waals surface area (Å²) in [6.07, 6.45) is 1.58. The Morgan fingerprint density at radius 3 is 2.80 bits per heavy atom. The molecule has 2 amide bonds. The standard InChI is InChI=1S/C14H13N3O2S/c1-10(18)16-12-5-2-4-11(8-12)14(19)17-15-9-13-6-3-7-20-13/h2-9H,1H3,(H,16,18)(H,17,19)/b15-9+. The molecule has 0 saturated heterocycles. The van der Waals surface area contributed by atoms with E-state index in [2.05, 4.69) is 15.8 Å². The smallest absolute Gasteiger partial charge is 0.271 e. The van der Waals surface area contributed by atoms with E-state index in [1.54, 1.807) is 30.5 Å². The maximum Gasteiger partial charge on any atom is 0.271 e. The van der Waals surface area contributed by atoms with E-state index < -0.39 is 0 Å². The van der Waals surface area contributed by atoms with Crippen molar-refractivity contribution in [1.29, 1.82) is 0 Å². The number of nitrogens with zero attached hydrogens (tertiary/aromatic N) is 1. The van der Waals surface area contributed by atoms with Gasteiger partial charge in [0.2, 0.25) is 5.91 Å². The van der Waals surface area contributed by atoms with Crippen LogP contribution >= 0.6 is 11.3 Å². The molecule has 0 aliphatic carbocycles. The molecular weight excluding hydrogens is 274 g/mol. The molecule has 2 aromatic rings. The summed E-state index contributed by atoms with van der Waals surface area (Å²) in [5.41, 5.74) is 3.45. The molecule has 2 rings (SSSR count). The van der Waals surface area contributed by atoms with Gasteiger partial charge in [-0.15, -0.1) is 11.3 Å². The van der Waals surface area contributed by atoms with Gasteiger partial charge in [-0.2, -0.15) is 5.10 Å². The molecule has 5 nitrogen and oxygen atoms in total. The van der Waals surface area contributed by atoms with Crippen molar-refractivity contribution in [3.8, 4) is 0 Å². The first-order valence-corrected chi connectivity index (χ1v) is 6.77. The van der Waals surface area contributed by atoms with Crippen molar-refractivity contribution in [2.75, 3.05) is 5.32 Å². The third kappa shape index (κ3) is 4.03. The lowest BCUT2D eigenvalue weighted by Gasteiger charge is -2.04. The molecular formula is C14H13N3O2S. The Morgan fingerprint density at radius 2 is 2.10 bits per heavy atom. The summed E-state index contributed by atoms with van der Waals surface area (Å²) in [5.74, 6) is -0.511. The summed E-state index contributed by atoms with van der Waals surface area (Å²) in [4.78, 5) is 23.8. The van der Waals surface area contributed by atoms with Crippen molar-refractivity contribution >= 4 is 35.1 Å². The SMILES string of the molecule is CC(=O)Nc1cccc(C(=O)N/N=C/c2cccs2)c1. The van der Waals surface area contributed by atoms with Gasteiger partial charge in [-0.3, -0.25) is 9.59 Å². The number of hydrogen-bond donors (Lipinski definition) is 2. The maximum absolute atomic E-state index is 11.9. The van der Waals surface area contributed by atoms with Crippen LogP contribution in [0.5, 0.6) is 0 Å². The van der Waals surface area contributed by atoms with E-state index in [0.717, 1.165) is 4.88 Å². The first-order chi connectivity index (χ1) is 9.65. The van der Waals surface area contributed by atoms with Crippen molar-refractivity contribution < 1.29 is 9.59 Å². The fourth-order valence-corrected chi connectivity index (χ4v) is 2.11. The number of carbonyl (C=O) groups excluding carboxylic acids is 2. The van der Waals surface area contributed by atoms with Gasteiger partial charge in [0.25, 0.3) is 5.91 Å². The van der Waals surface area contributed by atoms with Crippen LogP contribution in [0.4, 0.5) is 5.69 Å². The van der Waals surface area contributed by atoms with E-state index in [0.29, 0.717) is 11.3 Å². The number of anilines is 1. The van der Waals surface area contributed by atoms with Gasteiger partial charge in [0.1, 0.15) is 0 Å². The van der Waals surface area contributed by atoms with E-state index in [1.807, 2.05) is 17.5 Å². The molecule has 2 N–H and O–H groups in total. The Bertz CT molecular complexity index is 636. The normalized spacial score (nSPS) is 10.4. The Hall–Kier alpha value is -2.47. The van der Waals surface area contributed by atoms with Crippen LogP contribution in [0.3, 0.4) is 0 Å². The second-order valence-electron chi connectivity index (χ2n) is 3.98. The van der Waals surface area contributed by atoms with Crippen molar-refractivity contribution in [3.63, 3.8) is 0 Å². The lowest BCUT2D eigenvalue weighted by Crippen LogP contribution is -2.18. The predicted octanol–water partition coefficient (Wildman–Crippen LogP) is 2.47. The summed E-state index contributed by atoms with van der Waals surface area (Å²) in [6, 6.07) is 10.5. The largest absolute Gasteiger partial charge is 0.326 e. The molecule has 6 heteroatoms. The van der Waals surface area contributed by atoms with Crippen LogP contribution in [-0.4, -0.2) is 18.0 Å². The lowest BCUT2D eigenvalue weighted by molar-refractivity contribution is -0.114. The summed E-state index contributed by atoms with van der Waals surface area (Å²) >= 11 is 1.53. The quantitative estimate of drug-likeness (QED) is 0.670. The third-order valence-electron chi connectivity index (χ3n) is 2.35. The maximum atomic E-state index is 11.9. The second kappa shape index (κ2) is 6.63. The zero-order valence-electron chi connectivity index (χ0n) is 10.8. The molecule has 0 fully saturated rings. The molecule has 0 spiro atoms. The van der Waals surface area contributed by atoms with Gasteiger partial charge in [0.15, 0.2) is 0 Å². The Balaban J connectivity index is 2.00. The number of thiophene rings is 1. The third-order valence-corrected chi connectivity index (χ3v) is 3.15. The molecule has 0 aliphatic rings. The highest BCUT2D eigenvalue weighted by atomic mass is 32.1. The number of rotatable bonds is 4. The molecule has 1 heterocycles. The second-order valence-corrected chi connectivity index (χ2v) is 4.96. The molecule has 0 atom stereocenters. The van der Waals surface area contributed by atoms with Gasteiger partial charge in [-0.1, -0.05) is 12.1 Å². The number of hydrogen-bond acceptors (Lipinski definition) is 4. The highest BCUT2D eigenvalue weighted by Crippen LogP contribution is 2.10. The van der Waals surface area contributed by atoms with E-state index in [9.17, 15) is 9.59 Å². The van der Waals surface area contributed by atoms with Crippen LogP contribution in [0, 0.1) is 0 Å². The van der Waals surface area contributed by atoms with Crippen LogP contribution in [0.2, 0.25) is 0 Å². The highest BCUT2D eigenvalue weighted by Gasteiger charge is 2.05. The van der Waals surface area contributed by atoms with Crippen LogP contribution in [0.25, 0.3) is 0 Å². The lowest BCUT2D eigenvalue weighted by atomic mass is 10.2. The zero-order chi connectivity index (χ0) is 14.4. The zero-order valence-corrected chi connectivity index (χ0v) is 11.6. The monoisotopic (exact) mass is 287 g/mol. The van der Waals surface area contributed by atoms with Gasteiger partial charge >= 0.3 is 0 Å². The first-order valence-electron chi connectivity index (χ1n) is 5.90. The average molecular weight is 287 g/mol. The minimum atomic E-state index is -0.329. The summed E-state index contributed by atoms with van der Waals surface area (Å²) in [6.45, 7) is 1.41. The van der Waals surface area contributed by atoms with Crippen molar-refractivity contribution in [3.05, 3.63) is 52.2 Å². The fraction of sp³-hybridized carbons (Fsp3) is 0.0714. The predicted molar refractivity (Wildman–Crippen MR) is 80.1 cm³/mol. The molecule has 1 aromatic carbocycles. The number of carbonyl (C=O) groups is 2. The van der Waals surface area contributed by atoms with E-state index in [-0.39, 0.29) is 11.8 Å². The van der Waals surface area contributed by atoms with Crippen LogP contribution in [-0.2, 0) is 4.79 Å². The first kappa shape index (κ1) is 14.0. The van der Waals surface area contributed by atoms with Crippen molar-refractivity contribution in [2.45, 2.75) is 6.92 Å². The minimum Gasteiger partial charge on any atom is -0.326 e. The topological polar surface area (TPSA) is 70.6 Å². The summed E-state index contributed by atoms with van der Waals surface area (Å²) < 4.78 is 0. The van der Waals surface area contributed by atoms with Gasteiger partial charge < -0.3 is 5.32 Å². The minimum absolute atomic E-state index is 0.182. The van der Waals surface area contributed by atoms with Crippen molar-refractivity contribution in [1.82, 2.24) is 5.43 Å². The van der Waals surface area contributed by atoms with Gasteiger partial charge in [0, 0.05) is 23.1 Å². The number of amides is 2. The van der Waals surface area contributed by atoms with E-state index >= 15 is 0 Å². The number of hydrazone groups is 1. The Kier molecular flexibility index (Phi) is 4.62. The molecule has 0 bridgehead atoms. The molecule has 0 saturated carbocycles. The molecule has 0 unspecified atom stereocenters. The van der Waals surface area contributed by atoms with Crippen LogP contribution in [0.1, 0.15) is 22.2 Å². The summed E-state index contributed by atoms with van der Waals surface area (Å²) in [7, 11) is 0. The van der Waals surface area contributed by atoms with Crippen molar-refractivity contribution in [2.24, 2.45) is 5.10 Å². The van der Waals surface area contributed by atoms with E-state index in [1.165, 1.54) is 18.3 Å². The number of benzene rings is 1. The van der Waals surface area contributed by atoms with Crippen LogP contribution in [0.15, 0.2) is 46.9 Å². The van der Waals surface area contributed by atoms with Crippen LogP contribution < -0.4 is 10.7 Å². The van der Waals surface area contributed by atoms with E-state index in [4.69, 9.17) is 0 Å². The molecule has 0 aliphatic heterocycles. The molecule has 1 aromatic heterocycles. The number of nitrogens with one attached hydrogen (secondary N) is 2. The van der Waals surface area contributed by atoms with Gasteiger partial charge in [0.05, 0.1) is 6.21 Å². The summed E-state index contributed by atoms with van der Waals surface area (Å²) in [5, 5.41) is 8.43. The van der Waals surface area contributed by atoms with Gasteiger partial charge in [-0.25, -0.2) is 5.43 Å². The Labute approximate surface area is 120 Å². The molecule has 20 heavy (non-hydrogen) atoms. The molecule has 102 valence electrons. The van der Waals surface area contributed by atoms with Gasteiger partial charge in [-0.05, 0) is 29.6 Å². The molecule has 0 radical (unpaired) electrons. The fourth-order valence-electron chi connectivity index (χ4n) is 1.53. The highest BCUT2D eigenvalue weighted by molar-refractivity contribution is 7.11. The average Bonchev–Trinajstić information content (AvgIpc) is 2.91.